The number of nitrogens with zero attached hydrogens (tertiary/aromatic N) is 2. The summed E-state index contributed by atoms with van der Waals surface area (Å²) in [5, 5.41) is 10.9. The van der Waals surface area contributed by atoms with Gasteiger partial charge in [-0.1, -0.05) is 18.5 Å². The van der Waals surface area contributed by atoms with Gasteiger partial charge in [-0.15, -0.1) is 0 Å². The number of hydrogen-bond donors (Lipinski definition) is 1. The van der Waals surface area contributed by atoms with Gasteiger partial charge in [0, 0.05) is 41.9 Å². The van der Waals surface area contributed by atoms with Crippen LogP contribution in [0.3, 0.4) is 0 Å². The van der Waals surface area contributed by atoms with E-state index in [0.717, 1.165) is 0 Å². The topological polar surface area (TPSA) is 89.5 Å². The Bertz CT molecular complexity index is 525. The molecule has 1 saturated heterocycles. The molecule has 0 aromatic heterocycles. The van der Waals surface area contributed by atoms with E-state index in [-0.39, 0.29) is 34.1 Å². The van der Waals surface area contributed by atoms with Gasteiger partial charge in [0.1, 0.15) is 0 Å². The molecule has 1 aliphatic heterocycles. The summed E-state index contributed by atoms with van der Waals surface area (Å²) < 4.78 is 0. The normalized spacial score (nSPS) is 22.6. The van der Waals surface area contributed by atoms with Gasteiger partial charge in [0.25, 0.3) is 11.6 Å². The molecule has 2 rings (SSSR count). The van der Waals surface area contributed by atoms with Crippen LogP contribution >= 0.6 is 11.6 Å². The molecule has 6 nitrogen and oxygen atoms in total. The summed E-state index contributed by atoms with van der Waals surface area (Å²) in [6, 6.07) is 3.84. The molecule has 19 heavy (non-hydrogen) atoms. The highest BCUT2D eigenvalue weighted by Gasteiger charge is 2.31. The summed E-state index contributed by atoms with van der Waals surface area (Å²) >= 11 is 5.80. The average molecular weight is 284 g/mol. The van der Waals surface area contributed by atoms with E-state index in [1.54, 1.807) is 4.90 Å². The van der Waals surface area contributed by atoms with Crippen molar-refractivity contribution in [2.75, 3.05) is 13.1 Å². The second kappa shape index (κ2) is 5.14. The van der Waals surface area contributed by atoms with Gasteiger partial charge >= 0.3 is 0 Å². The first-order chi connectivity index (χ1) is 8.88. The van der Waals surface area contributed by atoms with Gasteiger partial charge in [0.2, 0.25) is 0 Å². The van der Waals surface area contributed by atoms with Gasteiger partial charge < -0.3 is 10.6 Å². The maximum absolute atomic E-state index is 12.3. The van der Waals surface area contributed by atoms with Crippen LogP contribution in [0.15, 0.2) is 18.2 Å². The van der Waals surface area contributed by atoms with Crippen LogP contribution in [-0.4, -0.2) is 34.9 Å². The molecule has 102 valence electrons. The van der Waals surface area contributed by atoms with E-state index in [9.17, 15) is 14.9 Å². The van der Waals surface area contributed by atoms with Gasteiger partial charge in [-0.3, -0.25) is 14.9 Å². The Kier molecular flexibility index (Phi) is 3.73. The van der Waals surface area contributed by atoms with E-state index < -0.39 is 4.92 Å². The lowest BCUT2D eigenvalue weighted by atomic mass is 10.1. The Morgan fingerprint density at radius 1 is 1.47 bits per heavy atom. The lowest BCUT2D eigenvalue weighted by Crippen LogP contribution is -2.32. The van der Waals surface area contributed by atoms with Crippen molar-refractivity contribution in [3.8, 4) is 0 Å². The fourth-order valence-electron chi connectivity index (χ4n) is 2.14. The van der Waals surface area contributed by atoms with Crippen molar-refractivity contribution in [1.82, 2.24) is 4.90 Å². The second-order valence-electron chi connectivity index (χ2n) is 4.81. The van der Waals surface area contributed by atoms with Gasteiger partial charge in [-0.25, -0.2) is 0 Å². The quantitative estimate of drug-likeness (QED) is 0.660. The number of carbonyl (C=O) groups excluding carboxylic acids is 1. The predicted molar refractivity (Wildman–Crippen MR) is 71.1 cm³/mol. The van der Waals surface area contributed by atoms with Crippen LogP contribution in [0, 0.1) is 16.0 Å². The van der Waals surface area contributed by atoms with E-state index in [1.807, 2.05) is 6.92 Å². The molecule has 2 atom stereocenters. The molecule has 1 heterocycles. The molecule has 1 amide bonds. The number of halogens is 1. The van der Waals surface area contributed by atoms with E-state index >= 15 is 0 Å². The van der Waals surface area contributed by atoms with Crippen LogP contribution in [0.2, 0.25) is 5.02 Å². The number of non-ortho nitro benzene ring substituents is 1. The first kappa shape index (κ1) is 13.8. The molecular formula is C12H14ClN3O3. The Morgan fingerprint density at radius 3 is 2.68 bits per heavy atom. The largest absolute Gasteiger partial charge is 0.337 e. The number of nitrogens with two attached hydrogens (primary N) is 1. The molecule has 1 aliphatic rings. The highest BCUT2D eigenvalue weighted by atomic mass is 35.5. The minimum Gasteiger partial charge on any atom is -0.337 e. The minimum atomic E-state index is -0.568. The van der Waals surface area contributed by atoms with Crippen molar-refractivity contribution < 1.29 is 9.72 Å². The van der Waals surface area contributed by atoms with Crippen LogP contribution in [0.5, 0.6) is 0 Å². The van der Waals surface area contributed by atoms with Gasteiger partial charge in [0.15, 0.2) is 0 Å². The summed E-state index contributed by atoms with van der Waals surface area (Å²) in [5.41, 5.74) is 5.90. The molecule has 1 fully saturated rings. The van der Waals surface area contributed by atoms with E-state index in [4.69, 9.17) is 17.3 Å². The molecule has 0 bridgehead atoms. The average Bonchev–Trinajstić information content (AvgIpc) is 2.68. The summed E-state index contributed by atoms with van der Waals surface area (Å²) in [4.78, 5) is 24.0. The van der Waals surface area contributed by atoms with Crippen LogP contribution in [0.25, 0.3) is 0 Å². The number of likely N-dealkylation sites (tertiary alicyclic amines) is 1. The van der Waals surface area contributed by atoms with Gasteiger partial charge in [0.05, 0.1) is 4.92 Å². The number of hydrogen-bond acceptors (Lipinski definition) is 4. The van der Waals surface area contributed by atoms with Crippen molar-refractivity contribution in [2.24, 2.45) is 11.7 Å². The fraction of sp³-hybridized carbons (Fsp3) is 0.417. The molecule has 0 radical (unpaired) electrons. The molecule has 2 N–H and O–H groups in total. The third kappa shape index (κ3) is 2.85. The summed E-state index contributed by atoms with van der Waals surface area (Å²) in [6.07, 6.45) is 0. The molecule has 0 spiro atoms. The maximum Gasteiger partial charge on any atom is 0.271 e. The van der Waals surface area contributed by atoms with Crippen LogP contribution < -0.4 is 5.73 Å². The first-order valence-corrected chi connectivity index (χ1v) is 6.26. The standard InChI is InChI=1S/C12H14ClN3O3/c1-7-5-15(6-11(7)14)12(17)8-2-9(13)4-10(3-8)16(18)19/h2-4,7,11H,5-6,14H2,1H3. The molecule has 0 aliphatic carbocycles. The van der Waals surface area contributed by atoms with Crippen LogP contribution in [0.4, 0.5) is 5.69 Å². The number of nitro groups is 1. The Labute approximate surface area is 115 Å². The SMILES string of the molecule is CC1CN(C(=O)c2cc(Cl)cc([N+](=O)[O-])c2)CC1N. The summed E-state index contributed by atoms with van der Waals surface area (Å²) in [7, 11) is 0. The maximum atomic E-state index is 12.3. The van der Waals surface area contributed by atoms with E-state index in [1.165, 1.54) is 18.2 Å². The van der Waals surface area contributed by atoms with Crippen LogP contribution in [0.1, 0.15) is 17.3 Å². The van der Waals surface area contributed by atoms with Crippen molar-refractivity contribution in [1.29, 1.82) is 0 Å². The zero-order valence-electron chi connectivity index (χ0n) is 10.4. The van der Waals surface area contributed by atoms with Gasteiger partial charge in [-0.2, -0.15) is 0 Å². The molecule has 2 unspecified atom stereocenters. The Hall–Kier alpha value is -1.66. The second-order valence-corrected chi connectivity index (χ2v) is 5.24. The lowest BCUT2D eigenvalue weighted by Gasteiger charge is -2.15. The zero-order chi connectivity index (χ0) is 14.2. The summed E-state index contributed by atoms with van der Waals surface area (Å²) in [5.74, 6) is -0.0523. The first-order valence-electron chi connectivity index (χ1n) is 5.88. The fourth-order valence-corrected chi connectivity index (χ4v) is 2.37. The zero-order valence-corrected chi connectivity index (χ0v) is 11.1. The van der Waals surface area contributed by atoms with Crippen molar-refractivity contribution in [2.45, 2.75) is 13.0 Å². The van der Waals surface area contributed by atoms with Crippen molar-refractivity contribution in [3.05, 3.63) is 38.9 Å². The van der Waals surface area contributed by atoms with Crippen LogP contribution in [-0.2, 0) is 0 Å². The number of benzene rings is 1. The Morgan fingerprint density at radius 2 is 2.16 bits per heavy atom. The van der Waals surface area contributed by atoms with Crippen molar-refractivity contribution >= 4 is 23.2 Å². The number of carbonyl (C=O) groups is 1. The Balaban J connectivity index is 2.27. The highest BCUT2D eigenvalue weighted by molar-refractivity contribution is 6.31. The number of nitro benzene ring substituents is 1. The number of amides is 1. The highest BCUT2D eigenvalue weighted by Crippen LogP contribution is 2.24. The van der Waals surface area contributed by atoms with Crippen molar-refractivity contribution in [3.63, 3.8) is 0 Å². The molecule has 0 saturated carbocycles. The van der Waals surface area contributed by atoms with Gasteiger partial charge in [-0.05, 0) is 12.0 Å². The van der Waals surface area contributed by atoms with E-state index in [0.29, 0.717) is 13.1 Å². The molecule has 1 aromatic carbocycles. The monoisotopic (exact) mass is 283 g/mol. The number of rotatable bonds is 2. The summed E-state index contributed by atoms with van der Waals surface area (Å²) in [6.45, 7) is 2.99. The third-order valence-corrected chi connectivity index (χ3v) is 3.52. The predicted octanol–water partition coefficient (Wildman–Crippen LogP) is 1.67. The lowest BCUT2D eigenvalue weighted by molar-refractivity contribution is -0.384. The molecule has 7 heteroatoms. The smallest absolute Gasteiger partial charge is 0.271 e. The third-order valence-electron chi connectivity index (χ3n) is 3.30. The minimum absolute atomic E-state index is 0.0573. The molecule has 1 aromatic rings. The van der Waals surface area contributed by atoms with E-state index in [2.05, 4.69) is 0 Å². The molecular weight excluding hydrogens is 270 g/mol.